The lowest BCUT2D eigenvalue weighted by atomic mass is 10.2. The number of nitrogens with one attached hydrogen (secondary N) is 2. The Hall–Kier alpha value is -2.76. The van der Waals surface area contributed by atoms with Gasteiger partial charge < -0.3 is 20.1 Å². The second kappa shape index (κ2) is 7.49. The highest BCUT2D eigenvalue weighted by Crippen LogP contribution is 2.30. The van der Waals surface area contributed by atoms with Crippen molar-refractivity contribution in [3.8, 4) is 11.5 Å². The monoisotopic (exact) mass is 315 g/mol. The first kappa shape index (κ1) is 16.6. The summed E-state index contributed by atoms with van der Waals surface area (Å²) in [5, 5.41) is 6.01. The number of hydrogen-bond acceptors (Lipinski definition) is 5. The fourth-order valence-electron chi connectivity index (χ4n) is 2.02. The molecule has 1 aromatic carbocycles. The lowest BCUT2D eigenvalue weighted by Crippen LogP contribution is -2.30. The van der Waals surface area contributed by atoms with Gasteiger partial charge in [0.25, 0.3) is 5.91 Å². The van der Waals surface area contributed by atoms with E-state index in [4.69, 9.17) is 9.47 Å². The number of hydrogen-bond donors (Lipinski definition) is 2. The zero-order valence-electron chi connectivity index (χ0n) is 13.7. The summed E-state index contributed by atoms with van der Waals surface area (Å²) in [5.74, 6) is 1.12. The van der Waals surface area contributed by atoms with Crippen LogP contribution in [0, 0.1) is 0 Å². The molecule has 1 heterocycles. The molecule has 0 bridgehead atoms. The van der Waals surface area contributed by atoms with Crippen LogP contribution in [0.15, 0.2) is 36.5 Å². The van der Waals surface area contributed by atoms with Gasteiger partial charge in [0.05, 0.1) is 26.1 Å². The Kier molecular flexibility index (Phi) is 5.41. The molecular formula is C17H21N3O3. The summed E-state index contributed by atoms with van der Waals surface area (Å²) in [6.45, 7) is 3.82. The Morgan fingerprint density at radius 1 is 1.04 bits per heavy atom. The van der Waals surface area contributed by atoms with Gasteiger partial charge in [-0.25, -0.2) is 4.98 Å². The van der Waals surface area contributed by atoms with Gasteiger partial charge in [0, 0.05) is 17.8 Å². The van der Waals surface area contributed by atoms with Gasteiger partial charge in [-0.2, -0.15) is 0 Å². The predicted octanol–water partition coefficient (Wildman–Crippen LogP) is 2.98. The van der Waals surface area contributed by atoms with E-state index >= 15 is 0 Å². The summed E-state index contributed by atoms with van der Waals surface area (Å²) in [7, 11) is 3.18. The quantitative estimate of drug-likeness (QED) is 0.857. The highest BCUT2D eigenvalue weighted by atomic mass is 16.5. The minimum absolute atomic E-state index is 0.0777. The smallest absolute Gasteiger partial charge is 0.270 e. The summed E-state index contributed by atoms with van der Waals surface area (Å²) < 4.78 is 10.5. The van der Waals surface area contributed by atoms with Gasteiger partial charge in [0.1, 0.15) is 5.69 Å². The molecule has 2 N–H and O–H groups in total. The molecule has 0 saturated carbocycles. The Balaban J connectivity index is 2.10. The zero-order valence-corrected chi connectivity index (χ0v) is 13.7. The summed E-state index contributed by atoms with van der Waals surface area (Å²) in [6, 6.07) is 9.09. The standard InChI is InChI=1S/C17H21N3O3/c1-11(2)19-17(21)14-7-5-13(10-18-14)20-12-6-8-15(22-3)16(9-12)23-4/h5-11,20H,1-4H3,(H,19,21). The average Bonchev–Trinajstić information content (AvgIpc) is 2.54. The summed E-state index contributed by atoms with van der Waals surface area (Å²) >= 11 is 0. The van der Waals surface area contributed by atoms with E-state index in [1.54, 1.807) is 32.5 Å². The molecule has 1 aromatic heterocycles. The van der Waals surface area contributed by atoms with Crippen molar-refractivity contribution in [2.75, 3.05) is 19.5 Å². The number of nitrogens with zero attached hydrogens (tertiary/aromatic N) is 1. The lowest BCUT2D eigenvalue weighted by Gasteiger charge is -2.12. The largest absolute Gasteiger partial charge is 0.493 e. The van der Waals surface area contributed by atoms with Gasteiger partial charge in [-0.3, -0.25) is 4.79 Å². The molecule has 0 unspecified atom stereocenters. The van der Waals surface area contributed by atoms with Crippen LogP contribution in [0.4, 0.5) is 11.4 Å². The molecule has 0 saturated heterocycles. The first-order valence-corrected chi connectivity index (χ1v) is 7.29. The van der Waals surface area contributed by atoms with Crippen LogP contribution in [0.5, 0.6) is 11.5 Å². The Morgan fingerprint density at radius 3 is 2.30 bits per heavy atom. The number of benzene rings is 1. The third kappa shape index (κ3) is 4.35. The van der Waals surface area contributed by atoms with Crippen LogP contribution in [-0.4, -0.2) is 31.2 Å². The van der Waals surface area contributed by atoms with Crippen molar-refractivity contribution in [3.63, 3.8) is 0 Å². The Labute approximate surface area is 135 Å². The van der Waals surface area contributed by atoms with E-state index < -0.39 is 0 Å². The highest BCUT2D eigenvalue weighted by Gasteiger charge is 2.09. The van der Waals surface area contributed by atoms with E-state index in [-0.39, 0.29) is 11.9 Å². The van der Waals surface area contributed by atoms with E-state index in [9.17, 15) is 4.79 Å². The van der Waals surface area contributed by atoms with Crippen molar-refractivity contribution in [3.05, 3.63) is 42.2 Å². The van der Waals surface area contributed by atoms with Gasteiger partial charge in [0.2, 0.25) is 0 Å². The van der Waals surface area contributed by atoms with Crippen LogP contribution < -0.4 is 20.1 Å². The van der Waals surface area contributed by atoms with Crippen molar-refractivity contribution in [2.24, 2.45) is 0 Å². The van der Waals surface area contributed by atoms with Crippen molar-refractivity contribution in [1.82, 2.24) is 10.3 Å². The molecular weight excluding hydrogens is 294 g/mol. The van der Waals surface area contributed by atoms with Gasteiger partial charge in [0.15, 0.2) is 11.5 Å². The maximum atomic E-state index is 11.9. The van der Waals surface area contributed by atoms with Gasteiger partial charge in [-0.05, 0) is 38.1 Å². The first-order valence-electron chi connectivity index (χ1n) is 7.29. The van der Waals surface area contributed by atoms with Gasteiger partial charge in [-0.15, -0.1) is 0 Å². The summed E-state index contributed by atoms with van der Waals surface area (Å²) in [5.41, 5.74) is 2.00. The topological polar surface area (TPSA) is 72.5 Å². The second-order valence-corrected chi connectivity index (χ2v) is 5.26. The Morgan fingerprint density at radius 2 is 1.74 bits per heavy atom. The second-order valence-electron chi connectivity index (χ2n) is 5.26. The van der Waals surface area contributed by atoms with Crippen LogP contribution in [0.3, 0.4) is 0 Å². The number of pyridine rings is 1. The fourth-order valence-corrected chi connectivity index (χ4v) is 2.02. The third-order valence-electron chi connectivity index (χ3n) is 3.09. The molecule has 6 heteroatoms. The maximum absolute atomic E-state index is 11.9. The van der Waals surface area contributed by atoms with Crippen LogP contribution in [0.2, 0.25) is 0 Å². The summed E-state index contributed by atoms with van der Waals surface area (Å²) in [4.78, 5) is 16.0. The molecule has 0 spiro atoms. The molecule has 0 aliphatic carbocycles. The zero-order chi connectivity index (χ0) is 16.8. The number of amides is 1. The number of aromatic nitrogens is 1. The van der Waals surface area contributed by atoms with Crippen molar-refractivity contribution >= 4 is 17.3 Å². The molecule has 23 heavy (non-hydrogen) atoms. The van der Waals surface area contributed by atoms with E-state index in [0.717, 1.165) is 11.4 Å². The molecule has 0 aliphatic heterocycles. The summed E-state index contributed by atoms with van der Waals surface area (Å²) in [6.07, 6.45) is 1.62. The van der Waals surface area contributed by atoms with E-state index in [2.05, 4.69) is 15.6 Å². The normalized spacial score (nSPS) is 10.3. The number of carbonyl (C=O) groups excluding carboxylic acids is 1. The molecule has 6 nitrogen and oxygen atoms in total. The van der Waals surface area contributed by atoms with Gasteiger partial charge in [-0.1, -0.05) is 0 Å². The molecule has 122 valence electrons. The van der Waals surface area contributed by atoms with E-state index in [1.807, 2.05) is 32.0 Å². The van der Waals surface area contributed by atoms with E-state index in [0.29, 0.717) is 17.2 Å². The van der Waals surface area contributed by atoms with Crippen molar-refractivity contribution in [1.29, 1.82) is 0 Å². The molecule has 1 amide bonds. The number of methoxy groups -OCH3 is 2. The molecule has 0 radical (unpaired) electrons. The molecule has 2 rings (SSSR count). The van der Waals surface area contributed by atoms with Crippen LogP contribution in [0.25, 0.3) is 0 Å². The number of anilines is 2. The SMILES string of the molecule is COc1ccc(Nc2ccc(C(=O)NC(C)C)nc2)cc1OC. The number of carbonyl (C=O) groups is 1. The maximum Gasteiger partial charge on any atom is 0.270 e. The molecule has 0 aliphatic rings. The van der Waals surface area contributed by atoms with Crippen molar-refractivity contribution in [2.45, 2.75) is 19.9 Å². The van der Waals surface area contributed by atoms with Crippen LogP contribution in [-0.2, 0) is 0 Å². The van der Waals surface area contributed by atoms with Crippen LogP contribution in [0.1, 0.15) is 24.3 Å². The first-order chi connectivity index (χ1) is 11.0. The minimum atomic E-state index is -0.183. The Bertz CT molecular complexity index is 669. The number of ether oxygens (including phenoxy) is 2. The number of rotatable bonds is 6. The average molecular weight is 315 g/mol. The van der Waals surface area contributed by atoms with Crippen molar-refractivity contribution < 1.29 is 14.3 Å². The predicted molar refractivity (Wildman–Crippen MR) is 89.7 cm³/mol. The lowest BCUT2D eigenvalue weighted by molar-refractivity contribution is 0.0938. The van der Waals surface area contributed by atoms with Crippen LogP contribution >= 0.6 is 0 Å². The third-order valence-corrected chi connectivity index (χ3v) is 3.09. The minimum Gasteiger partial charge on any atom is -0.493 e. The molecule has 0 fully saturated rings. The highest BCUT2D eigenvalue weighted by molar-refractivity contribution is 5.92. The van der Waals surface area contributed by atoms with Gasteiger partial charge >= 0.3 is 0 Å². The fraction of sp³-hybridized carbons (Fsp3) is 0.294. The molecule has 0 atom stereocenters. The van der Waals surface area contributed by atoms with E-state index in [1.165, 1.54) is 0 Å². The molecule has 2 aromatic rings.